The maximum atomic E-state index is 12.6. The number of ether oxygens (including phenoxy) is 3. The van der Waals surface area contributed by atoms with Crippen LogP contribution in [0.2, 0.25) is 5.02 Å². The highest BCUT2D eigenvalue weighted by Crippen LogP contribution is 2.31. The van der Waals surface area contributed by atoms with Crippen molar-refractivity contribution < 1.29 is 38.2 Å². The van der Waals surface area contributed by atoms with Crippen LogP contribution in [-0.2, 0) is 25.7 Å². The summed E-state index contributed by atoms with van der Waals surface area (Å²) in [4.78, 5) is 37.9. The van der Waals surface area contributed by atoms with E-state index in [4.69, 9.17) is 30.7 Å². The Morgan fingerprint density at radius 2 is 2.00 bits per heavy atom. The van der Waals surface area contributed by atoms with Gasteiger partial charge >= 0.3 is 11.9 Å². The van der Waals surface area contributed by atoms with E-state index in [1.54, 1.807) is 19.1 Å². The molecule has 0 saturated carbocycles. The normalized spacial score (nSPS) is 13.4. The molecule has 2 N–H and O–H groups in total. The van der Waals surface area contributed by atoms with Crippen LogP contribution in [-0.4, -0.2) is 66.9 Å². The first-order valence-electron chi connectivity index (χ1n) is 9.75. The second-order valence-electron chi connectivity index (χ2n) is 6.91. The Hall–Kier alpha value is -3.57. The average Bonchev–Trinajstić information content (AvgIpc) is 3.32. The lowest BCUT2D eigenvalue weighted by Crippen LogP contribution is -2.31. The molecule has 0 unspecified atom stereocenters. The number of anilines is 1. The highest BCUT2D eigenvalue weighted by atomic mass is 35.5. The fraction of sp³-hybridized carbons (Fsp3) is 0.333. The summed E-state index contributed by atoms with van der Waals surface area (Å²) in [6.07, 6.45) is 0. The van der Waals surface area contributed by atoms with Crippen LogP contribution in [0.1, 0.15) is 21.8 Å². The van der Waals surface area contributed by atoms with E-state index in [1.807, 2.05) is 0 Å². The number of carbonyl (C=O) groups excluding carboxylic acids is 3. The van der Waals surface area contributed by atoms with E-state index in [2.05, 4.69) is 15.2 Å². The van der Waals surface area contributed by atoms with Crippen molar-refractivity contribution in [1.82, 2.24) is 10.1 Å². The Morgan fingerprint density at radius 1 is 1.27 bits per heavy atom. The van der Waals surface area contributed by atoms with Crippen molar-refractivity contribution in [3.8, 4) is 5.75 Å². The van der Waals surface area contributed by atoms with Gasteiger partial charge < -0.3 is 34.1 Å². The minimum atomic E-state index is -0.651. The first-order valence-corrected chi connectivity index (χ1v) is 10.1. The van der Waals surface area contributed by atoms with Gasteiger partial charge in [-0.25, -0.2) is 9.59 Å². The van der Waals surface area contributed by atoms with Gasteiger partial charge in [0, 0.05) is 12.2 Å². The van der Waals surface area contributed by atoms with Crippen LogP contribution in [0.5, 0.6) is 5.75 Å². The standard InChI is InChI=1S/C21H22ClN3O8/c1-11-14(18(24-33-11)21(29)31-3)10-32-16-5-4-12(8-15(16)22)23-17-13(20(28)30-2)9-25(6-7-26)19(17)27/h4-5,8,23,26H,6-7,9-10H2,1-3H3. The summed E-state index contributed by atoms with van der Waals surface area (Å²) in [5, 5.41) is 15.9. The first-order chi connectivity index (χ1) is 15.8. The third-order valence-electron chi connectivity index (χ3n) is 4.89. The second kappa shape index (κ2) is 10.4. The minimum absolute atomic E-state index is 0.0128. The van der Waals surface area contributed by atoms with E-state index < -0.39 is 17.8 Å². The number of benzene rings is 1. The fourth-order valence-electron chi connectivity index (χ4n) is 3.16. The van der Waals surface area contributed by atoms with Crippen LogP contribution in [0, 0.1) is 6.92 Å². The van der Waals surface area contributed by atoms with Gasteiger partial charge in [-0.05, 0) is 25.1 Å². The van der Waals surface area contributed by atoms with E-state index >= 15 is 0 Å². The van der Waals surface area contributed by atoms with E-state index in [1.165, 1.54) is 25.2 Å². The summed E-state index contributed by atoms with van der Waals surface area (Å²) >= 11 is 6.33. The van der Waals surface area contributed by atoms with Crippen LogP contribution < -0.4 is 10.1 Å². The number of hydrogen-bond acceptors (Lipinski definition) is 10. The maximum Gasteiger partial charge on any atom is 0.360 e. The molecule has 176 valence electrons. The van der Waals surface area contributed by atoms with E-state index in [0.717, 1.165) is 0 Å². The van der Waals surface area contributed by atoms with Crippen molar-refractivity contribution in [2.75, 3.05) is 39.2 Å². The molecule has 1 aromatic heterocycles. The summed E-state index contributed by atoms with van der Waals surface area (Å²) in [7, 11) is 2.46. The zero-order valence-corrected chi connectivity index (χ0v) is 18.9. The van der Waals surface area contributed by atoms with Gasteiger partial charge in [-0.15, -0.1) is 0 Å². The highest BCUT2D eigenvalue weighted by Gasteiger charge is 2.34. The quantitative estimate of drug-likeness (QED) is 0.510. The van der Waals surface area contributed by atoms with Gasteiger partial charge in [0.15, 0.2) is 5.69 Å². The van der Waals surface area contributed by atoms with E-state index in [-0.39, 0.29) is 48.3 Å². The van der Waals surface area contributed by atoms with E-state index in [0.29, 0.717) is 22.8 Å². The summed E-state index contributed by atoms with van der Waals surface area (Å²) in [5.74, 6) is -1.04. The lowest BCUT2D eigenvalue weighted by atomic mass is 10.2. The molecule has 0 aliphatic carbocycles. The van der Waals surface area contributed by atoms with Gasteiger partial charge in [0.1, 0.15) is 23.8 Å². The van der Waals surface area contributed by atoms with Crippen LogP contribution in [0.15, 0.2) is 34.0 Å². The molecule has 0 saturated heterocycles. The molecule has 1 aromatic carbocycles. The van der Waals surface area contributed by atoms with Crippen molar-refractivity contribution in [3.05, 3.63) is 51.5 Å². The molecule has 0 bridgehead atoms. The number of nitrogens with one attached hydrogen (secondary N) is 1. The van der Waals surface area contributed by atoms with Crippen LogP contribution in [0.3, 0.4) is 0 Å². The van der Waals surface area contributed by atoms with Gasteiger partial charge in [-0.3, -0.25) is 4.79 Å². The molecule has 0 radical (unpaired) electrons. The zero-order chi connectivity index (χ0) is 24.1. The molecule has 0 spiro atoms. The Bertz CT molecular complexity index is 1110. The van der Waals surface area contributed by atoms with Crippen LogP contribution >= 0.6 is 11.6 Å². The number of β-amino-alcohol motifs (C(OH)–C–C–N with tert-alkyl or cyclic N) is 1. The molecular weight excluding hydrogens is 458 g/mol. The Kier molecular flexibility index (Phi) is 7.56. The summed E-state index contributed by atoms with van der Waals surface area (Å²) < 4.78 is 20.2. The molecule has 1 aliphatic rings. The van der Waals surface area contributed by atoms with Gasteiger partial charge in [0.25, 0.3) is 5.91 Å². The van der Waals surface area contributed by atoms with Crippen LogP contribution in [0.25, 0.3) is 0 Å². The van der Waals surface area contributed by atoms with Crippen molar-refractivity contribution in [2.45, 2.75) is 13.5 Å². The molecule has 0 fully saturated rings. The monoisotopic (exact) mass is 479 g/mol. The van der Waals surface area contributed by atoms with Gasteiger partial charge in [-0.1, -0.05) is 16.8 Å². The second-order valence-corrected chi connectivity index (χ2v) is 7.32. The number of methoxy groups -OCH3 is 2. The Morgan fingerprint density at radius 3 is 2.64 bits per heavy atom. The number of halogens is 1. The van der Waals surface area contributed by atoms with Crippen molar-refractivity contribution in [3.63, 3.8) is 0 Å². The SMILES string of the molecule is COC(=O)C1=C(Nc2ccc(OCc3c(C(=O)OC)noc3C)c(Cl)c2)C(=O)N(CCO)C1. The largest absolute Gasteiger partial charge is 0.487 e. The number of aryl methyl sites for hydroxylation is 1. The molecule has 1 aliphatic heterocycles. The van der Waals surface area contributed by atoms with Crippen molar-refractivity contribution in [2.24, 2.45) is 0 Å². The highest BCUT2D eigenvalue weighted by molar-refractivity contribution is 6.32. The molecule has 3 rings (SSSR count). The number of hydrogen-bond donors (Lipinski definition) is 2. The molecule has 2 heterocycles. The maximum absolute atomic E-state index is 12.6. The number of aromatic nitrogens is 1. The molecular formula is C21H22ClN3O8. The number of aliphatic hydroxyl groups excluding tert-OH is 1. The first kappa shape index (κ1) is 24.1. The zero-order valence-electron chi connectivity index (χ0n) is 18.1. The number of esters is 2. The average molecular weight is 480 g/mol. The third-order valence-corrected chi connectivity index (χ3v) is 5.19. The Balaban J connectivity index is 1.77. The lowest BCUT2D eigenvalue weighted by molar-refractivity contribution is -0.136. The molecule has 12 heteroatoms. The minimum Gasteiger partial charge on any atom is -0.487 e. The molecule has 11 nitrogen and oxygen atoms in total. The predicted molar refractivity (Wildman–Crippen MR) is 115 cm³/mol. The number of aliphatic hydroxyl groups is 1. The topological polar surface area (TPSA) is 140 Å². The van der Waals surface area contributed by atoms with Crippen molar-refractivity contribution >= 4 is 35.1 Å². The fourth-order valence-corrected chi connectivity index (χ4v) is 3.39. The molecule has 1 amide bonds. The molecule has 33 heavy (non-hydrogen) atoms. The summed E-state index contributed by atoms with van der Waals surface area (Å²) in [6, 6.07) is 4.68. The number of nitrogens with zero attached hydrogens (tertiary/aromatic N) is 2. The number of rotatable bonds is 9. The predicted octanol–water partition coefficient (Wildman–Crippen LogP) is 1.68. The summed E-state index contributed by atoms with van der Waals surface area (Å²) in [6.45, 7) is 1.45. The Labute approximate surface area is 193 Å². The number of amides is 1. The van der Waals surface area contributed by atoms with Crippen LogP contribution in [0.4, 0.5) is 5.69 Å². The smallest absolute Gasteiger partial charge is 0.360 e. The lowest BCUT2D eigenvalue weighted by Gasteiger charge is -2.15. The van der Waals surface area contributed by atoms with Gasteiger partial charge in [0.05, 0.1) is 43.5 Å². The van der Waals surface area contributed by atoms with Gasteiger partial charge in [-0.2, -0.15) is 0 Å². The number of carbonyl (C=O) groups is 3. The molecule has 0 atom stereocenters. The summed E-state index contributed by atoms with van der Waals surface area (Å²) in [5.41, 5.74) is 1.06. The molecule has 2 aromatic rings. The van der Waals surface area contributed by atoms with E-state index in [9.17, 15) is 14.4 Å². The van der Waals surface area contributed by atoms with Crippen molar-refractivity contribution in [1.29, 1.82) is 0 Å². The third kappa shape index (κ3) is 5.10. The van der Waals surface area contributed by atoms with Gasteiger partial charge in [0.2, 0.25) is 0 Å².